The minimum absolute atomic E-state index is 0.0200. The van der Waals surface area contributed by atoms with E-state index in [1.807, 2.05) is 0 Å². The molecule has 2 aliphatic rings. The number of nitro benzene ring substituents is 1. The Morgan fingerprint density at radius 2 is 2.05 bits per heavy atom. The van der Waals surface area contributed by atoms with Crippen LogP contribution in [0, 0.1) is 21.4 Å². The van der Waals surface area contributed by atoms with Gasteiger partial charge in [-0.05, 0) is 30.0 Å². The van der Waals surface area contributed by atoms with E-state index in [9.17, 15) is 18.5 Å². The molecule has 21 heavy (non-hydrogen) atoms. The van der Waals surface area contributed by atoms with E-state index in [1.54, 1.807) is 0 Å². The van der Waals surface area contributed by atoms with E-state index in [-0.39, 0.29) is 16.0 Å². The summed E-state index contributed by atoms with van der Waals surface area (Å²) in [5.41, 5.74) is -0.128. The van der Waals surface area contributed by atoms with Gasteiger partial charge in [0.2, 0.25) is 10.0 Å². The van der Waals surface area contributed by atoms with Crippen molar-refractivity contribution in [2.24, 2.45) is 11.3 Å². The summed E-state index contributed by atoms with van der Waals surface area (Å²) in [6, 6.07) is 5.07. The van der Waals surface area contributed by atoms with Gasteiger partial charge in [-0.1, -0.05) is 6.92 Å². The zero-order valence-corrected chi connectivity index (χ0v) is 12.5. The second kappa shape index (κ2) is 4.75. The van der Waals surface area contributed by atoms with E-state index in [0.29, 0.717) is 19.0 Å². The molecule has 1 aromatic carbocycles. The molecule has 0 amide bonds. The molecule has 2 fully saturated rings. The highest BCUT2D eigenvalue weighted by Crippen LogP contribution is 2.40. The smallest absolute Gasteiger partial charge is 0.269 e. The van der Waals surface area contributed by atoms with E-state index in [0.717, 1.165) is 13.1 Å². The topological polar surface area (TPSA) is 92.6 Å². The van der Waals surface area contributed by atoms with Gasteiger partial charge in [0.05, 0.1) is 9.82 Å². The number of nitrogens with one attached hydrogen (secondary N) is 1. The second-order valence-electron chi connectivity index (χ2n) is 6.03. The highest BCUT2D eigenvalue weighted by Gasteiger charge is 2.49. The van der Waals surface area contributed by atoms with Crippen LogP contribution in [0.4, 0.5) is 5.69 Å². The van der Waals surface area contributed by atoms with Crippen LogP contribution in [0.25, 0.3) is 0 Å². The maximum atomic E-state index is 12.6. The number of non-ortho nitro benzene ring substituents is 1. The first-order valence-corrected chi connectivity index (χ1v) is 8.22. The van der Waals surface area contributed by atoms with Crippen LogP contribution in [0.5, 0.6) is 0 Å². The van der Waals surface area contributed by atoms with Gasteiger partial charge in [-0.15, -0.1) is 0 Å². The van der Waals surface area contributed by atoms with Crippen molar-refractivity contribution in [1.82, 2.24) is 9.62 Å². The number of rotatable bonds is 3. The van der Waals surface area contributed by atoms with Crippen LogP contribution in [-0.2, 0) is 10.0 Å². The summed E-state index contributed by atoms with van der Waals surface area (Å²) in [6.45, 7) is 4.75. The Balaban J connectivity index is 1.86. The van der Waals surface area contributed by atoms with E-state index in [4.69, 9.17) is 0 Å². The molecule has 0 saturated carbocycles. The molecule has 0 unspecified atom stereocenters. The molecule has 8 heteroatoms. The summed E-state index contributed by atoms with van der Waals surface area (Å²) in [5.74, 6) is 0.324. The lowest BCUT2D eigenvalue weighted by Crippen LogP contribution is -2.34. The first-order chi connectivity index (χ1) is 9.83. The van der Waals surface area contributed by atoms with Crippen molar-refractivity contribution in [2.45, 2.75) is 11.8 Å². The molecular weight excluding hydrogens is 294 g/mol. The molecule has 3 rings (SSSR count). The van der Waals surface area contributed by atoms with Gasteiger partial charge in [-0.25, -0.2) is 8.42 Å². The van der Waals surface area contributed by atoms with Crippen LogP contribution < -0.4 is 5.32 Å². The molecule has 2 aliphatic heterocycles. The lowest BCUT2D eigenvalue weighted by atomic mass is 9.83. The normalized spacial score (nSPS) is 29.5. The predicted octanol–water partition coefficient (Wildman–Crippen LogP) is 0.825. The third-order valence-electron chi connectivity index (χ3n) is 4.55. The fraction of sp³-hybridized carbons (Fsp3) is 0.538. The van der Waals surface area contributed by atoms with Gasteiger partial charge in [0.25, 0.3) is 5.69 Å². The van der Waals surface area contributed by atoms with Gasteiger partial charge in [0, 0.05) is 31.8 Å². The summed E-state index contributed by atoms with van der Waals surface area (Å²) in [7, 11) is -3.58. The number of fused-ring (bicyclic) bond motifs is 1. The highest BCUT2D eigenvalue weighted by molar-refractivity contribution is 7.89. The first kappa shape index (κ1) is 14.4. The third kappa shape index (κ3) is 2.33. The fourth-order valence-corrected chi connectivity index (χ4v) is 4.80. The van der Waals surface area contributed by atoms with Crippen LogP contribution >= 0.6 is 0 Å². The molecule has 0 radical (unpaired) electrons. The molecule has 1 aromatic rings. The number of hydrogen-bond donors (Lipinski definition) is 1. The van der Waals surface area contributed by atoms with Crippen LogP contribution in [0.15, 0.2) is 29.2 Å². The maximum absolute atomic E-state index is 12.6. The average Bonchev–Trinajstić information content (AvgIpc) is 2.94. The molecule has 1 N–H and O–H groups in total. The monoisotopic (exact) mass is 311 g/mol. The lowest BCUT2D eigenvalue weighted by molar-refractivity contribution is -0.384. The Labute approximate surface area is 123 Å². The molecule has 2 heterocycles. The number of benzene rings is 1. The predicted molar refractivity (Wildman–Crippen MR) is 76.3 cm³/mol. The third-order valence-corrected chi connectivity index (χ3v) is 6.38. The van der Waals surface area contributed by atoms with Gasteiger partial charge in [0.1, 0.15) is 0 Å². The van der Waals surface area contributed by atoms with Gasteiger partial charge in [0.15, 0.2) is 0 Å². The van der Waals surface area contributed by atoms with Crippen molar-refractivity contribution in [3.8, 4) is 0 Å². The minimum Gasteiger partial charge on any atom is -0.316 e. The molecule has 0 bridgehead atoms. The van der Waals surface area contributed by atoms with Gasteiger partial charge in [-0.2, -0.15) is 4.31 Å². The number of sulfonamides is 1. The lowest BCUT2D eigenvalue weighted by Gasteiger charge is -2.22. The zero-order valence-electron chi connectivity index (χ0n) is 11.7. The molecule has 2 atom stereocenters. The van der Waals surface area contributed by atoms with Gasteiger partial charge < -0.3 is 5.32 Å². The minimum atomic E-state index is -3.58. The molecule has 2 saturated heterocycles. The molecule has 0 spiro atoms. The van der Waals surface area contributed by atoms with Crippen molar-refractivity contribution in [3.05, 3.63) is 34.4 Å². The SMILES string of the molecule is C[C@]12CNC[C@H]1CN(S(=O)(=O)c1ccc([N+](=O)[O-])cc1)C2. The van der Waals surface area contributed by atoms with E-state index >= 15 is 0 Å². The maximum Gasteiger partial charge on any atom is 0.269 e. The van der Waals surface area contributed by atoms with Crippen LogP contribution in [0.2, 0.25) is 0 Å². The van der Waals surface area contributed by atoms with E-state index in [2.05, 4.69) is 12.2 Å². The van der Waals surface area contributed by atoms with Crippen LogP contribution in [0.1, 0.15) is 6.92 Å². The highest BCUT2D eigenvalue weighted by atomic mass is 32.2. The second-order valence-corrected chi connectivity index (χ2v) is 7.97. The first-order valence-electron chi connectivity index (χ1n) is 6.78. The molecule has 7 nitrogen and oxygen atoms in total. The Morgan fingerprint density at radius 1 is 1.38 bits per heavy atom. The average molecular weight is 311 g/mol. The van der Waals surface area contributed by atoms with Crippen molar-refractivity contribution in [3.63, 3.8) is 0 Å². The van der Waals surface area contributed by atoms with E-state index < -0.39 is 14.9 Å². The number of hydrogen-bond acceptors (Lipinski definition) is 5. The van der Waals surface area contributed by atoms with Crippen molar-refractivity contribution >= 4 is 15.7 Å². The van der Waals surface area contributed by atoms with Crippen LogP contribution in [0.3, 0.4) is 0 Å². The molecule has 0 aromatic heterocycles. The fourth-order valence-electron chi connectivity index (χ4n) is 3.18. The molecule has 114 valence electrons. The molecular formula is C13H17N3O4S. The largest absolute Gasteiger partial charge is 0.316 e. The Morgan fingerprint density at radius 3 is 2.62 bits per heavy atom. The Hall–Kier alpha value is -1.51. The summed E-state index contributed by atoms with van der Waals surface area (Å²) in [4.78, 5) is 10.2. The quantitative estimate of drug-likeness (QED) is 0.659. The van der Waals surface area contributed by atoms with Crippen molar-refractivity contribution in [1.29, 1.82) is 0 Å². The molecule has 0 aliphatic carbocycles. The van der Waals surface area contributed by atoms with E-state index in [1.165, 1.54) is 28.6 Å². The Kier molecular flexibility index (Phi) is 3.27. The Bertz CT molecular complexity index is 673. The van der Waals surface area contributed by atoms with Crippen molar-refractivity contribution < 1.29 is 13.3 Å². The van der Waals surface area contributed by atoms with Crippen LogP contribution in [-0.4, -0.2) is 43.8 Å². The summed E-state index contributed by atoms with van der Waals surface area (Å²) in [5, 5.41) is 13.9. The summed E-state index contributed by atoms with van der Waals surface area (Å²) in [6.07, 6.45) is 0. The van der Waals surface area contributed by atoms with Crippen molar-refractivity contribution in [2.75, 3.05) is 26.2 Å². The van der Waals surface area contributed by atoms with Gasteiger partial charge >= 0.3 is 0 Å². The summed E-state index contributed by atoms with van der Waals surface area (Å²) < 4.78 is 26.7. The number of nitrogens with zero attached hydrogens (tertiary/aromatic N) is 2. The standard InChI is InChI=1S/C13H17N3O4S/c1-13-8-14-6-10(13)7-15(9-13)21(19,20)12-4-2-11(3-5-12)16(17)18/h2-5,10,14H,6-9H2,1H3/t10-,13+/m0/s1. The summed E-state index contributed by atoms with van der Waals surface area (Å²) >= 11 is 0. The van der Waals surface area contributed by atoms with Gasteiger partial charge in [-0.3, -0.25) is 10.1 Å². The zero-order chi connectivity index (χ0) is 15.3. The number of nitro groups is 1.